The van der Waals surface area contributed by atoms with E-state index in [9.17, 15) is 14.4 Å². The number of nitrogens with two attached hydrogens (primary N) is 1. The van der Waals surface area contributed by atoms with Crippen LogP contribution in [0.3, 0.4) is 0 Å². The van der Waals surface area contributed by atoms with Crippen molar-refractivity contribution in [2.45, 2.75) is 82.8 Å². The van der Waals surface area contributed by atoms with Crippen LogP contribution in [0.5, 0.6) is 0 Å². The van der Waals surface area contributed by atoms with Crippen molar-refractivity contribution in [3.63, 3.8) is 0 Å². The van der Waals surface area contributed by atoms with E-state index in [0.29, 0.717) is 36.8 Å². The molecule has 34 heavy (non-hydrogen) atoms. The Kier molecular flexibility index (Phi) is 6.88. The Labute approximate surface area is 201 Å². The summed E-state index contributed by atoms with van der Waals surface area (Å²) >= 11 is 0. The second-order valence-electron chi connectivity index (χ2n) is 10.2. The normalized spacial score (nSPS) is 26.2. The average Bonchev–Trinajstić information content (AvgIpc) is 3.18. The number of benzene rings is 1. The number of amides is 3. The van der Waals surface area contributed by atoms with E-state index in [-0.39, 0.29) is 30.3 Å². The van der Waals surface area contributed by atoms with Gasteiger partial charge in [0.1, 0.15) is 0 Å². The fourth-order valence-corrected chi connectivity index (χ4v) is 6.01. The van der Waals surface area contributed by atoms with Gasteiger partial charge in [-0.1, -0.05) is 6.07 Å². The monoisotopic (exact) mass is 468 g/mol. The Morgan fingerprint density at radius 1 is 0.971 bits per heavy atom. The summed E-state index contributed by atoms with van der Waals surface area (Å²) < 4.78 is 5.55. The number of hydrogen-bond donors (Lipinski definition) is 1. The number of ether oxygens (including phenoxy) is 1. The maximum absolute atomic E-state index is 13.3. The van der Waals surface area contributed by atoms with Crippen LogP contribution in [0.25, 0.3) is 0 Å². The van der Waals surface area contributed by atoms with E-state index in [1.54, 1.807) is 0 Å². The number of carbonyl (C=O) groups is 3. The molecule has 3 aliphatic heterocycles. The molecule has 3 fully saturated rings. The third-order valence-electron chi connectivity index (χ3n) is 8.03. The second kappa shape index (κ2) is 10.0. The van der Waals surface area contributed by atoms with E-state index in [4.69, 9.17) is 10.5 Å². The van der Waals surface area contributed by atoms with E-state index in [0.717, 1.165) is 81.0 Å². The number of rotatable bonds is 6. The van der Waals surface area contributed by atoms with Crippen LogP contribution < -0.4 is 10.6 Å². The Morgan fingerprint density at radius 3 is 2.38 bits per heavy atom. The average molecular weight is 469 g/mol. The highest BCUT2D eigenvalue weighted by atomic mass is 16.5. The van der Waals surface area contributed by atoms with Crippen molar-refractivity contribution in [1.82, 2.24) is 10.0 Å². The van der Waals surface area contributed by atoms with E-state index in [2.05, 4.69) is 11.0 Å². The maximum Gasteiger partial charge on any atom is 0.273 e. The highest BCUT2D eigenvalue weighted by Crippen LogP contribution is 2.37. The molecular weight excluding hydrogens is 432 g/mol. The summed E-state index contributed by atoms with van der Waals surface area (Å²) in [4.78, 5) is 40.9. The molecule has 8 heteroatoms. The molecule has 1 aromatic carbocycles. The summed E-state index contributed by atoms with van der Waals surface area (Å²) in [5, 5.41) is 2.47. The third-order valence-corrected chi connectivity index (χ3v) is 8.03. The van der Waals surface area contributed by atoms with E-state index >= 15 is 0 Å². The van der Waals surface area contributed by atoms with Gasteiger partial charge in [-0.2, -0.15) is 5.01 Å². The third kappa shape index (κ3) is 4.58. The standard InChI is InChI=1S/C26H36N4O4/c27-19-7-9-20(10-8-19)28(14-11-18-12-15-34-16-13-18)23-4-1-3-21-22(23)17-29(26(21)33)30-24(31)5-2-6-25(30)32/h1,3-4,18-20H,2,5-17,27H2. The van der Waals surface area contributed by atoms with E-state index in [1.807, 2.05) is 12.1 Å². The summed E-state index contributed by atoms with van der Waals surface area (Å²) in [7, 11) is 0. The van der Waals surface area contributed by atoms with Crippen LogP contribution >= 0.6 is 0 Å². The summed E-state index contributed by atoms with van der Waals surface area (Å²) in [5.41, 5.74) is 8.81. The zero-order chi connectivity index (χ0) is 23.7. The lowest BCUT2D eigenvalue weighted by Gasteiger charge is -2.39. The van der Waals surface area contributed by atoms with Crippen molar-refractivity contribution in [2.75, 3.05) is 24.7 Å². The van der Waals surface area contributed by atoms with Gasteiger partial charge in [0.05, 0.1) is 6.54 Å². The molecule has 5 rings (SSSR count). The highest BCUT2D eigenvalue weighted by Gasteiger charge is 2.41. The number of hydrazine groups is 1. The summed E-state index contributed by atoms with van der Waals surface area (Å²) in [6.07, 6.45) is 8.55. The van der Waals surface area contributed by atoms with Crippen molar-refractivity contribution in [3.8, 4) is 0 Å². The van der Waals surface area contributed by atoms with Gasteiger partial charge >= 0.3 is 0 Å². The number of fused-ring (bicyclic) bond motifs is 1. The van der Waals surface area contributed by atoms with Gasteiger partial charge in [0.15, 0.2) is 0 Å². The fourth-order valence-electron chi connectivity index (χ4n) is 6.01. The van der Waals surface area contributed by atoms with Crippen molar-refractivity contribution in [2.24, 2.45) is 11.7 Å². The molecule has 1 aliphatic carbocycles. The minimum absolute atomic E-state index is 0.254. The second-order valence-corrected chi connectivity index (χ2v) is 10.2. The number of imide groups is 1. The van der Waals surface area contributed by atoms with Crippen LogP contribution in [-0.2, 0) is 20.9 Å². The molecule has 184 valence electrons. The van der Waals surface area contributed by atoms with Crippen LogP contribution in [0.2, 0.25) is 0 Å². The summed E-state index contributed by atoms with van der Waals surface area (Å²) in [6.45, 7) is 2.87. The maximum atomic E-state index is 13.3. The Morgan fingerprint density at radius 2 is 1.68 bits per heavy atom. The first kappa shape index (κ1) is 23.3. The molecule has 8 nitrogen and oxygen atoms in total. The van der Waals surface area contributed by atoms with Crippen LogP contribution in [0.1, 0.15) is 80.1 Å². The highest BCUT2D eigenvalue weighted by molar-refractivity contribution is 6.05. The number of piperidine rings is 1. The van der Waals surface area contributed by atoms with E-state index < -0.39 is 0 Å². The Hall–Kier alpha value is -2.45. The molecule has 2 N–H and O–H groups in total. The molecule has 1 aromatic rings. The molecule has 2 saturated heterocycles. The van der Waals surface area contributed by atoms with Gasteiger partial charge in [-0.05, 0) is 69.4 Å². The lowest BCUT2D eigenvalue weighted by Crippen LogP contribution is -2.52. The fraction of sp³-hybridized carbons (Fsp3) is 0.654. The molecule has 0 unspecified atom stereocenters. The molecule has 0 atom stereocenters. The van der Waals surface area contributed by atoms with Gasteiger partial charge in [0.25, 0.3) is 5.91 Å². The smallest absolute Gasteiger partial charge is 0.273 e. The number of anilines is 1. The predicted octanol–water partition coefficient (Wildman–Crippen LogP) is 2.99. The molecule has 0 bridgehead atoms. The number of carbonyl (C=O) groups excluding carboxylic acids is 3. The number of nitrogens with zero attached hydrogens (tertiary/aromatic N) is 3. The SMILES string of the molecule is NC1CCC(N(CCC2CCOCC2)c2cccc3c2CN(N2C(=O)CCCC2=O)C3=O)CC1. The molecule has 3 amide bonds. The van der Waals surface area contributed by atoms with Crippen molar-refractivity contribution in [1.29, 1.82) is 0 Å². The largest absolute Gasteiger partial charge is 0.381 e. The lowest BCUT2D eigenvalue weighted by atomic mass is 9.89. The van der Waals surface area contributed by atoms with Gasteiger partial charge < -0.3 is 15.4 Å². The molecular formula is C26H36N4O4. The van der Waals surface area contributed by atoms with Gasteiger partial charge in [-0.3, -0.25) is 14.4 Å². The first-order chi connectivity index (χ1) is 16.5. The minimum Gasteiger partial charge on any atom is -0.381 e. The quantitative estimate of drug-likeness (QED) is 0.645. The molecule has 4 aliphatic rings. The molecule has 1 saturated carbocycles. The Balaban J connectivity index is 1.42. The molecule has 3 heterocycles. The predicted molar refractivity (Wildman–Crippen MR) is 128 cm³/mol. The number of hydrogen-bond acceptors (Lipinski definition) is 6. The van der Waals surface area contributed by atoms with Crippen LogP contribution in [0, 0.1) is 5.92 Å². The van der Waals surface area contributed by atoms with E-state index in [1.165, 1.54) is 5.01 Å². The van der Waals surface area contributed by atoms with Crippen molar-refractivity contribution in [3.05, 3.63) is 29.3 Å². The zero-order valence-corrected chi connectivity index (χ0v) is 19.9. The topological polar surface area (TPSA) is 96.2 Å². The molecule has 0 spiro atoms. The van der Waals surface area contributed by atoms with Gasteiger partial charge in [-0.25, -0.2) is 5.01 Å². The first-order valence-corrected chi connectivity index (χ1v) is 12.9. The van der Waals surface area contributed by atoms with Gasteiger partial charge in [-0.15, -0.1) is 0 Å². The minimum atomic E-state index is -0.281. The molecule has 0 aromatic heterocycles. The van der Waals surface area contributed by atoms with Crippen LogP contribution in [-0.4, -0.2) is 59.6 Å². The summed E-state index contributed by atoms with van der Waals surface area (Å²) in [5.74, 6) is -0.163. The zero-order valence-electron chi connectivity index (χ0n) is 19.9. The van der Waals surface area contributed by atoms with Crippen LogP contribution in [0.4, 0.5) is 5.69 Å². The van der Waals surface area contributed by atoms with Gasteiger partial charge in [0.2, 0.25) is 11.8 Å². The molecule has 0 radical (unpaired) electrons. The van der Waals surface area contributed by atoms with Crippen molar-refractivity contribution >= 4 is 23.4 Å². The van der Waals surface area contributed by atoms with Crippen LogP contribution in [0.15, 0.2) is 18.2 Å². The van der Waals surface area contributed by atoms with Crippen molar-refractivity contribution < 1.29 is 19.1 Å². The first-order valence-electron chi connectivity index (χ1n) is 12.9. The lowest BCUT2D eigenvalue weighted by molar-refractivity contribution is -0.163. The Bertz CT molecular complexity index is 921. The van der Waals surface area contributed by atoms with Gasteiger partial charge in [0, 0.05) is 61.5 Å². The summed E-state index contributed by atoms with van der Waals surface area (Å²) in [6, 6.07) is 6.52.